The Labute approximate surface area is 227 Å². The number of thioether (sulfide) groups is 1. The number of ether oxygens (including phenoxy) is 1. The predicted octanol–water partition coefficient (Wildman–Crippen LogP) is 3.35. The highest BCUT2D eigenvalue weighted by molar-refractivity contribution is 7.99. The molecule has 9 nitrogen and oxygen atoms in total. The Morgan fingerprint density at radius 1 is 1.11 bits per heavy atom. The Balaban J connectivity index is 1.28. The van der Waals surface area contributed by atoms with Crippen LogP contribution in [0.15, 0.2) is 30.3 Å². The largest absolute Gasteiger partial charge is 0.444 e. The van der Waals surface area contributed by atoms with Crippen LogP contribution in [0.2, 0.25) is 0 Å². The van der Waals surface area contributed by atoms with Crippen LogP contribution in [-0.4, -0.2) is 105 Å². The van der Waals surface area contributed by atoms with Crippen molar-refractivity contribution in [1.82, 2.24) is 24.5 Å². The first-order valence-corrected chi connectivity index (χ1v) is 14.4. The molecule has 11 heteroatoms. The highest BCUT2D eigenvalue weighted by Crippen LogP contribution is 2.30. The van der Waals surface area contributed by atoms with E-state index in [1.807, 2.05) is 44.7 Å². The van der Waals surface area contributed by atoms with Gasteiger partial charge in [-0.1, -0.05) is 12.1 Å². The second-order valence-electron chi connectivity index (χ2n) is 11.2. The molecule has 0 N–H and O–H groups in total. The van der Waals surface area contributed by atoms with E-state index in [1.165, 1.54) is 6.07 Å². The van der Waals surface area contributed by atoms with Gasteiger partial charge in [-0.05, 0) is 46.2 Å². The Bertz CT molecular complexity index is 1170. The zero-order valence-corrected chi connectivity index (χ0v) is 23.4. The average molecular weight is 545 g/mol. The minimum atomic E-state index is -0.628. The van der Waals surface area contributed by atoms with Gasteiger partial charge in [-0.25, -0.2) is 13.9 Å². The van der Waals surface area contributed by atoms with Gasteiger partial charge < -0.3 is 14.5 Å². The van der Waals surface area contributed by atoms with Crippen LogP contribution in [-0.2, 0) is 9.53 Å². The lowest BCUT2D eigenvalue weighted by Gasteiger charge is -2.38. The van der Waals surface area contributed by atoms with Gasteiger partial charge >= 0.3 is 6.09 Å². The lowest BCUT2D eigenvalue weighted by molar-refractivity contribution is -0.134. The van der Waals surface area contributed by atoms with Gasteiger partial charge in [0.15, 0.2) is 0 Å². The van der Waals surface area contributed by atoms with E-state index < -0.39 is 17.7 Å². The summed E-state index contributed by atoms with van der Waals surface area (Å²) >= 11 is 1.74. The number of para-hydroxylation sites is 1. The fourth-order valence-electron chi connectivity index (χ4n) is 5.46. The van der Waals surface area contributed by atoms with Crippen molar-refractivity contribution >= 4 is 29.6 Å². The number of anilines is 1. The molecule has 0 radical (unpaired) electrons. The van der Waals surface area contributed by atoms with Gasteiger partial charge in [0.2, 0.25) is 5.91 Å². The van der Waals surface area contributed by atoms with Crippen LogP contribution in [0, 0.1) is 12.7 Å². The zero-order chi connectivity index (χ0) is 27.0. The van der Waals surface area contributed by atoms with Gasteiger partial charge in [0.05, 0.1) is 11.6 Å². The maximum absolute atomic E-state index is 14.6. The molecule has 2 atom stereocenters. The molecule has 2 aromatic rings. The normalized spacial score (nSPS) is 22.8. The maximum Gasteiger partial charge on any atom is 0.411 e. The first kappa shape index (κ1) is 26.8. The molecule has 3 aliphatic heterocycles. The van der Waals surface area contributed by atoms with E-state index in [-0.39, 0.29) is 17.8 Å². The van der Waals surface area contributed by atoms with Crippen molar-refractivity contribution in [3.63, 3.8) is 0 Å². The van der Waals surface area contributed by atoms with Crippen molar-refractivity contribution in [2.75, 3.05) is 55.8 Å². The molecule has 0 aliphatic carbocycles. The molecule has 38 heavy (non-hydrogen) atoms. The molecule has 1 aromatic carbocycles. The van der Waals surface area contributed by atoms with E-state index in [0.717, 1.165) is 50.0 Å². The number of amides is 2. The van der Waals surface area contributed by atoms with Crippen molar-refractivity contribution in [2.24, 2.45) is 0 Å². The van der Waals surface area contributed by atoms with Gasteiger partial charge in [-0.3, -0.25) is 14.6 Å². The summed E-state index contributed by atoms with van der Waals surface area (Å²) in [6, 6.07) is 8.24. The maximum atomic E-state index is 14.6. The third kappa shape index (κ3) is 5.63. The average Bonchev–Trinajstić information content (AvgIpc) is 3.63. The molecular weight excluding hydrogens is 507 g/mol. The summed E-state index contributed by atoms with van der Waals surface area (Å²) in [4.78, 5) is 34.6. The number of halogens is 1. The summed E-state index contributed by atoms with van der Waals surface area (Å²) in [6.45, 7) is 11.7. The molecule has 0 unspecified atom stereocenters. The Morgan fingerprint density at radius 2 is 1.84 bits per heavy atom. The topological polar surface area (TPSA) is 74.2 Å². The van der Waals surface area contributed by atoms with Gasteiger partial charge in [-0.2, -0.15) is 5.10 Å². The minimum absolute atomic E-state index is 0.0197. The number of likely N-dealkylation sites (tertiary alicyclic amines) is 1. The van der Waals surface area contributed by atoms with Gasteiger partial charge in [-0.15, -0.1) is 11.8 Å². The smallest absolute Gasteiger partial charge is 0.411 e. The van der Waals surface area contributed by atoms with E-state index in [2.05, 4.69) is 14.9 Å². The molecule has 206 valence electrons. The van der Waals surface area contributed by atoms with Crippen molar-refractivity contribution in [2.45, 2.75) is 51.8 Å². The Kier molecular flexibility index (Phi) is 7.59. The molecule has 0 bridgehead atoms. The van der Waals surface area contributed by atoms with E-state index >= 15 is 0 Å². The number of benzene rings is 1. The van der Waals surface area contributed by atoms with Crippen molar-refractivity contribution < 1.29 is 18.7 Å². The summed E-state index contributed by atoms with van der Waals surface area (Å²) in [7, 11) is 0. The standard InChI is InChI=1S/C27H37FN6O3S/c1-19-15-24(34(29-19)22-8-6-5-7-21(22)28)31-11-9-30(10-12-31)20-16-23(25(35)32-13-14-38-18-32)33(17-20)26(36)37-27(2,3)4/h5-8,15,20,23H,9-14,16-18H2,1-4H3/t20-,23-/m0/s1. The molecule has 2 amide bonds. The number of carbonyl (C=O) groups excluding carboxylic acids is 2. The first-order valence-electron chi connectivity index (χ1n) is 13.3. The van der Waals surface area contributed by atoms with Crippen LogP contribution in [0.4, 0.5) is 15.0 Å². The van der Waals surface area contributed by atoms with Gasteiger partial charge in [0.1, 0.15) is 29.0 Å². The Hall–Kier alpha value is -2.79. The fraction of sp³-hybridized carbons (Fsp3) is 0.593. The molecule has 3 aliphatic rings. The SMILES string of the molecule is Cc1cc(N2CCN([C@H]3C[C@@H](C(=O)N4CCSC4)N(C(=O)OC(C)(C)C)C3)CC2)n(-c2ccccc2F)n1. The van der Waals surface area contributed by atoms with Crippen LogP contribution < -0.4 is 4.90 Å². The highest BCUT2D eigenvalue weighted by Gasteiger charge is 2.45. The first-order chi connectivity index (χ1) is 18.1. The predicted molar refractivity (Wildman–Crippen MR) is 146 cm³/mol. The zero-order valence-electron chi connectivity index (χ0n) is 22.6. The quantitative estimate of drug-likeness (QED) is 0.585. The van der Waals surface area contributed by atoms with Crippen LogP contribution in [0.3, 0.4) is 0 Å². The van der Waals surface area contributed by atoms with Crippen LogP contribution in [0.25, 0.3) is 5.69 Å². The van der Waals surface area contributed by atoms with Crippen LogP contribution in [0.1, 0.15) is 32.9 Å². The van der Waals surface area contributed by atoms with E-state index in [9.17, 15) is 14.0 Å². The monoisotopic (exact) mass is 544 g/mol. The van der Waals surface area contributed by atoms with Crippen molar-refractivity contribution in [3.8, 4) is 5.69 Å². The molecule has 4 heterocycles. The third-order valence-corrected chi connectivity index (χ3v) is 8.27. The lowest BCUT2D eigenvalue weighted by Crippen LogP contribution is -2.51. The number of rotatable bonds is 4. The fourth-order valence-corrected chi connectivity index (χ4v) is 6.42. The lowest BCUT2D eigenvalue weighted by atomic mass is 10.1. The molecule has 0 spiro atoms. The summed E-state index contributed by atoms with van der Waals surface area (Å²) in [6.07, 6.45) is 0.180. The number of aromatic nitrogens is 2. The molecular formula is C27H37FN6O3S. The number of carbonyl (C=O) groups is 2. The Morgan fingerprint density at radius 3 is 2.50 bits per heavy atom. The molecule has 5 rings (SSSR count). The number of hydrogen-bond donors (Lipinski definition) is 0. The second-order valence-corrected chi connectivity index (χ2v) is 12.3. The summed E-state index contributed by atoms with van der Waals surface area (Å²) in [5.74, 6) is 2.19. The number of piperazine rings is 1. The minimum Gasteiger partial charge on any atom is -0.444 e. The van der Waals surface area contributed by atoms with Crippen molar-refractivity contribution in [3.05, 3.63) is 41.8 Å². The summed E-state index contributed by atoms with van der Waals surface area (Å²) in [5.41, 5.74) is 0.635. The number of hydrogen-bond acceptors (Lipinski definition) is 7. The van der Waals surface area contributed by atoms with Crippen LogP contribution >= 0.6 is 11.8 Å². The third-order valence-electron chi connectivity index (χ3n) is 7.30. The van der Waals surface area contributed by atoms with Gasteiger partial charge in [0, 0.05) is 57.1 Å². The highest BCUT2D eigenvalue weighted by atomic mass is 32.2. The van der Waals surface area contributed by atoms with Crippen LogP contribution in [0.5, 0.6) is 0 Å². The summed E-state index contributed by atoms with van der Waals surface area (Å²) in [5, 5.41) is 4.56. The molecule has 3 saturated heterocycles. The van der Waals surface area contributed by atoms with Gasteiger partial charge in [0.25, 0.3) is 0 Å². The second kappa shape index (κ2) is 10.8. The summed E-state index contributed by atoms with van der Waals surface area (Å²) < 4.78 is 21.9. The van der Waals surface area contributed by atoms with E-state index in [1.54, 1.807) is 33.5 Å². The van der Waals surface area contributed by atoms with Crippen molar-refractivity contribution in [1.29, 1.82) is 0 Å². The van der Waals surface area contributed by atoms with E-state index in [0.29, 0.717) is 24.5 Å². The number of aryl methyl sites for hydroxylation is 1. The molecule has 3 fully saturated rings. The number of nitrogens with zero attached hydrogens (tertiary/aromatic N) is 6. The molecule has 1 aromatic heterocycles. The van der Waals surface area contributed by atoms with E-state index in [4.69, 9.17) is 4.74 Å². The molecule has 0 saturated carbocycles.